The van der Waals surface area contributed by atoms with Crippen LogP contribution in [0.4, 0.5) is 13.2 Å². The van der Waals surface area contributed by atoms with E-state index in [0.29, 0.717) is 4.90 Å². The summed E-state index contributed by atoms with van der Waals surface area (Å²) in [6, 6.07) is 0. The fraction of sp³-hybridized carbons (Fsp3) is 0.600. The van der Waals surface area contributed by atoms with Crippen LogP contribution in [0.25, 0.3) is 0 Å². The zero-order chi connectivity index (χ0) is 8.36. The normalized spacial score (nSPS) is 11.3. The first-order chi connectivity index (χ1) is 4.33. The third-order valence-electron chi connectivity index (χ3n) is 0.842. The lowest BCUT2D eigenvalue weighted by Crippen LogP contribution is -2.34. The first kappa shape index (κ1) is 9.26. The van der Waals surface area contributed by atoms with E-state index in [0.717, 1.165) is 7.05 Å². The average Bonchev–Trinajstić information content (AvgIpc) is 1.60. The van der Waals surface area contributed by atoms with Crippen LogP contribution in [0.1, 0.15) is 0 Å². The van der Waals surface area contributed by atoms with Crippen molar-refractivity contribution in [2.75, 3.05) is 13.6 Å². The van der Waals surface area contributed by atoms with Crippen molar-refractivity contribution in [3.8, 4) is 0 Å². The van der Waals surface area contributed by atoms with Crippen LogP contribution >= 0.6 is 0 Å². The number of amides is 1. The van der Waals surface area contributed by atoms with E-state index < -0.39 is 18.6 Å². The topological polar surface area (TPSA) is 20.3 Å². The van der Waals surface area contributed by atoms with Gasteiger partial charge in [-0.1, -0.05) is 0 Å². The zero-order valence-electron chi connectivity index (χ0n) is 5.40. The fourth-order valence-electron chi connectivity index (χ4n) is 0.357. The maximum Gasteiger partial charge on any atom is 0.406 e. The van der Waals surface area contributed by atoms with Crippen LogP contribution in [0.3, 0.4) is 0 Å². The minimum absolute atomic E-state index is 0.500. The van der Waals surface area contributed by atoms with Crippen molar-refractivity contribution in [1.29, 1.82) is 0 Å². The van der Waals surface area contributed by atoms with Crippen LogP contribution in [0.5, 0.6) is 0 Å². The van der Waals surface area contributed by atoms with Gasteiger partial charge in [-0.2, -0.15) is 13.2 Å². The average molecular weight is 154 g/mol. The Kier molecular flexibility index (Phi) is 2.68. The van der Waals surface area contributed by atoms with Crippen molar-refractivity contribution >= 4 is 5.91 Å². The molecule has 0 heterocycles. The summed E-state index contributed by atoms with van der Waals surface area (Å²) in [6.07, 6.45) is -4.33. The van der Waals surface area contributed by atoms with Gasteiger partial charge in [-0.25, -0.2) is 0 Å². The van der Waals surface area contributed by atoms with E-state index in [1.54, 1.807) is 0 Å². The largest absolute Gasteiger partial charge is 0.406 e. The molecule has 0 atom stereocenters. The minimum atomic E-state index is -4.33. The van der Waals surface area contributed by atoms with E-state index in [-0.39, 0.29) is 0 Å². The Morgan fingerprint density at radius 1 is 1.60 bits per heavy atom. The molecule has 1 radical (unpaired) electrons. The van der Waals surface area contributed by atoms with Crippen molar-refractivity contribution in [1.82, 2.24) is 4.90 Å². The summed E-state index contributed by atoms with van der Waals surface area (Å²) < 4.78 is 34.3. The molecular formula is C5H7F3NO. The molecule has 0 bridgehead atoms. The molecule has 1 amide bonds. The van der Waals surface area contributed by atoms with Gasteiger partial charge < -0.3 is 4.90 Å². The Balaban J connectivity index is 3.80. The van der Waals surface area contributed by atoms with Gasteiger partial charge in [0.25, 0.3) is 0 Å². The van der Waals surface area contributed by atoms with Crippen LogP contribution in [0.2, 0.25) is 0 Å². The third kappa shape index (κ3) is 4.17. The highest BCUT2D eigenvalue weighted by Gasteiger charge is 2.29. The molecule has 0 aliphatic carbocycles. The van der Waals surface area contributed by atoms with Gasteiger partial charge in [-0.05, 0) is 0 Å². The molecule has 0 saturated heterocycles. The van der Waals surface area contributed by atoms with Crippen LogP contribution < -0.4 is 0 Å². The van der Waals surface area contributed by atoms with Crippen LogP contribution in [0, 0.1) is 6.92 Å². The zero-order valence-corrected chi connectivity index (χ0v) is 5.40. The fourth-order valence-corrected chi connectivity index (χ4v) is 0.357. The standard InChI is InChI=1S/C5H7F3NO/c1-4(10)9(2)3-5(6,7)8/h1,3H2,2H3. The monoisotopic (exact) mass is 154 g/mol. The lowest BCUT2D eigenvalue weighted by molar-refractivity contribution is -0.155. The molecule has 0 fully saturated rings. The lowest BCUT2D eigenvalue weighted by Gasteiger charge is -2.16. The first-order valence-corrected chi connectivity index (χ1v) is 2.47. The van der Waals surface area contributed by atoms with Crippen molar-refractivity contribution in [3.05, 3.63) is 6.92 Å². The Labute approximate surface area is 56.6 Å². The summed E-state index contributed by atoms with van der Waals surface area (Å²) in [7, 11) is 1.04. The van der Waals surface area contributed by atoms with Crippen LogP contribution in [0.15, 0.2) is 0 Å². The Hall–Kier alpha value is -0.740. The van der Waals surface area contributed by atoms with E-state index in [2.05, 4.69) is 6.92 Å². The van der Waals surface area contributed by atoms with Crippen LogP contribution in [-0.2, 0) is 4.79 Å². The number of nitrogens with zero attached hydrogens (tertiary/aromatic N) is 1. The number of carbonyl (C=O) groups excluding carboxylic acids is 1. The highest BCUT2D eigenvalue weighted by atomic mass is 19.4. The second-order valence-corrected chi connectivity index (χ2v) is 1.86. The second-order valence-electron chi connectivity index (χ2n) is 1.86. The summed E-state index contributed by atoms with van der Waals surface area (Å²) in [4.78, 5) is 10.6. The Morgan fingerprint density at radius 2 is 2.00 bits per heavy atom. The van der Waals surface area contributed by atoms with Crippen molar-refractivity contribution in [2.45, 2.75) is 6.18 Å². The lowest BCUT2D eigenvalue weighted by atomic mass is 10.5. The number of halogens is 3. The van der Waals surface area contributed by atoms with Gasteiger partial charge in [0, 0.05) is 14.0 Å². The molecule has 0 saturated carbocycles. The van der Waals surface area contributed by atoms with Gasteiger partial charge in [0.1, 0.15) is 6.54 Å². The summed E-state index contributed by atoms with van der Waals surface area (Å²) in [5.74, 6) is -0.836. The highest BCUT2D eigenvalue weighted by Crippen LogP contribution is 2.15. The molecule has 0 aliphatic rings. The smallest absolute Gasteiger partial charge is 0.337 e. The Bertz CT molecular complexity index is 131. The summed E-state index contributed by atoms with van der Waals surface area (Å²) in [6.45, 7) is 1.57. The highest BCUT2D eigenvalue weighted by molar-refractivity contribution is 5.79. The molecule has 0 N–H and O–H groups in total. The molecule has 0 unspecified atom stereocenters. The second kappa shape index (κ2) is 2.90. The number of rotatable bonds is 1. The number of carbonyl (C=O) groups is 1. The molecule has 0 spiro atoms. The van der Waals surface area contributed by atoms with Gasteiger partial charge in [0.15, 0.2) is 0 Å². The van der Waals surface area contributed by atoms with E-state index >= 15 is 0 Å². The van der Waals surface area contributed by atoms with Gasteiger partial charge in [-0.3, -0.25) is 4.79 Å². The molecule has 5 heteroatoms. The van der Waals surface area contributed by atoms with Crippen molar-refractivity contribution in [3.63, 3.8) is 0 Å². The van der Waals surface area contributed by atoms with Gasteiger partial charge in [0.05, 0.1) is 0 Å². The van der Waals surface area contributed by atoms with Gasteiger partial charge in [-0.15, -0.1) is 0 Å². The molecule has 59 valence electrons. The predicted octanol–water partition coefficient (Wildman–Crippen LogP) is 0.841. The molecule has 10 heavy (non-hydrogen) atoms. The van der Waals surface area contributed by atoms with E-state index in [4.69, 9.17) is 0 Å². The predicted molar refractivity (Wildman–Crippen MR) is 29.0 cm³/mol. The number of hydrogen-bond acceptors (Lipinski definition) is 1. The maximum atomic E-state index is 11.4. The third-order valence-corrected chi connectivity index (χ3v) is 0.842. The van der Waals surface area contributed by atoms with E-state index in [1.165, 1.54) is 0 Å². The number of alkyl halides is 3. The molecule has 0 aromatic rings. The quantitative estimate of drug-likeness (QED) is 0.548. The van der Waals surface area contributed by atoms with Crippen molar-refractivity contribution < 1.29 is 18.0 Å². The molecular weight excluding hydrogens is 147 g/mol. The number of hydrogen-bond donors (Lipinski definition) is 0. The summed E-state index contributed by atoms with van der Waals surface area (Å²) >= 11 is 0. The molecule has 0 aromatic heterocycles. The minimum Gasteiger partial charge on any atom is -0.337 e. The van der Waals surface area contributed by atoms with Crippen molar-refractivity contribution in [2.24, 2.45) is 0 Å². The first-order valence-electron chi connectivity index (χ1n) is 2.47. The summed E-state index contributed by atoms with van der Waals surface area (Å²) in [5, 5.41) is 0. The Morgan fingerprint density at radius 3 is 2.10 bits per heavy atom. The van der Waals surface area contributed by atoms with Gasteiger partial charge in [0.2, 0.25) is 5.91 Å². The molecule has 0 aromatic carbocycles. The van der Waals surface area contributed by atoms with E-state index in [9.17, 15) is 18.0 Å². The molecule has 2 nitrogen and oxygen atoms in total. The SMILES string of the molecule is [CH2]C(=O)N(C)CC(F)(F)F. The van der Waals surface area contributed by atoms with Gasteiger partial charge >= 0.3 is 6.18 Å². The van der Waals surface area contributed by atoms with E-state index in [1.807, 2.05) is 0 Å². The summed E-state index contributed by atoms with van der Waals surface area (Å²) in [5.41, 5.74) is 0. The molecule has 0 rings (SSSR count). The maximum absolute atomic E-state index is 11.4. The van der Waals surface area contributed by atoms with Crippen LogP contribution in [-0.4, -0.2) is 30.6 Å². The molecule has 0 aliphatic heterocycles.